The van der Waals surface area contributed by atoms with E-state index in [1.165, 1.54) is 0 Å². The van der Waals surface area contributed by atoms with E-state index in [2.05, 4.69) is 22.2 Å². The van der Waals surface area contributed by atoms with Gasteiger partial charge >= 0.3 is 0 Å². The van der Waals surface area contributed by atoms with Gasteiger partial charge in [0, 0.05) is 29.1 Å². The van der Waals surface area contributed by atoms with Crippen LogP contribution in [0.15, 0.2) is 42.3 Å². The standard InChI is InChI=1S/C17H20ClN3OS/c1-4-9-19-16-21-14(10-23-16)12-5-7-13(8-6-12)20-15(22)17(2,3)11-18/h4-8,10H,1,9,11H2,2-3H3,(H,19,21)(H,20,22). The molecule has 4 nitrogen and oxygen atoms in total. The molecule has 2 N–H and O–H groups in total. The Morgan fingerprint density at radius 1 is 1.39 bits per heavy atom. The van der Waals surface area contributed by atoms with Gasteiger partial charge in [0.15, 0.2) is 5.13 Å². The minimum absolute atomic E-state index is 0.0928. The number of hydrogen-bond acceptors (Lipinski definition) is 4. The number of aromatic nitrogens is 1. The first-order valence-corrected chi connectivity index (χ1v) is 8.66. The number of thiazole rings is 1. The molecule has 0 radical (unpaired) electrons. The number of nitrogens with one attached hydrogen (secondary N) is 2. The predicted octanol–water partition coefficient (Wildman–Crippen LogP) is 4.61. The van der Waals surface area contributed by atoms with Gasteiger partial charge in [-0.1, -0.05) is 18.2 Å². The Hall–Kier alpha value is -1.85. The average molecular weight is 350 g/mol. The van der Waals surface area contributed by atoms with Crippen molar-refractivity contribution in [1.29, 1.82) is 0 Å². The van der Waals surface area contributed by atoms with Crippen molar-refractivity contribution in [3.05, 3.63) is 42.3 Å². The van der Waals surface area contributed by atoms with Crippen LogP contribution < -0.4 is 10.6 Å². The molecule has 0 aliphatic rings. The Morgan fingerprint density at radius 3 is 2.70 bits per heavy atom. The fourth-order valence-corrected chi connectivity index (χ4v) is 2.58. The Balaban J connectivity index is 2.06. The number of benzene rings is 1. The monoisotopic (exact) mass is 349 g/mol. The predicted molar refractivity (Wildman–Crippen MR) is 99.4 cm³/mol. The van der Waals surface area contributed by atoms with Crippen LogP contribution in [0.2, 0.25) is 0 Å². The molecule has 0 unspecified atom stereocenters. The molecule has 0 fully saturated rings. The first kappa shape index (κ1) is 17.5. The molecule has 0 saturated heterocycles. The lowest BCUT2D eigenvalue weighted by atomic mass is 9.95. The zero-order valence-electron chi connectivity index (χ0n) is 13.2. The summed E-state index contributed by atoms with van der Waals surface area (Å²) in [6.45, 7) is 7.99. The molecular weight excluding hydrogens is 330 g/mol. The number of carbonyl (C=O) groups is 1. The van der Waals surface area contributed by atoms with Crippen molar-refractivity contribution in [2.75, 3.05) is 23.1 Å². The molecule has 0 spiro atoms. The maximum atomic E-state index is 12.1. The van der Waals surface area contributed by atoms with Gasteiger partial charge in [-0.25, -0.2) is 4.98 Å². The van der Waals surface area contributed by atoms with Crippen LogP contribution in [0.1, 0.15) is 13.8 Å². The molecule has 1 heterocycles. The zero-order valence-corrected chi connectivity index (χ0v) is 14.8. The van der Waals surface area contributed by atoms with E-state index in [0.717, 1.165) is 22.1 Å². The maximum Gasteiger partial charge on any atom is 0.231 e. The molecule has 2 aromatic rings. The summed E-state index contributed by atoms with van der Waals surface area (Å²) in [4.78, 5) is 16.6. The van der Waals surface area contributed by atoms with Crippen molar-refractivity contribution in [3.63, 3.8) is 0 Å². The fraction of sp³-hybridized carbons (Fsp3) is 0.294. The second-order valence-electron chi connectivity index (χ2n) is 5.76. The molecule has 23 heavy (non-hydrogen) atoms. The van der Waals surface area contributed by atoms with Crippen LogP contribution in [0, 0.1) is 5.41 Å². The topological polar surface area (TPSA) is 54.0 Å². The summed E-state index contributed by atoms with van der Waals surface area (Å²) in [5, 5.41) is 8.90. The molecule has 1 aromatic heterocycles. The molecule has 0 aliphatic carbocycles. The van der Waals surface area contributed by atoms with Crippen LogP contribution in [0.25, 0.3) is 11.3 Å². The highest BCUT2D eigenvalue weighted by Crippen LogP contribution is 2.26. The van der Waals surface area contributed by atoms with Crippen LogP contribution >= 0.6 is 22.9 Å². The number of alkyl halides is 1. The highest BCUT2D eigenvalue weighted by molar-refractivity contribution is 7.14. The molecule has 6 heteroatoms. The number of anilines is 2. The molecule has 0 bridgehead atoms. The lowest BCUT2D eigenvalue weighted by Gasteiger charge is -2.20. The van der Waals surface area contributed by atoms with Crippen molar-refractivity contribution in [3.8, 4) is 11.3 Å². The van der Waals surface area contributed by atoms with E-state index in [-0.39, 0.29) is 11.8 Å². The number of carbonyl (C=O) groups excluding carboxylic acids is 1. The third kappa shape index (κ3) is 4.56. The largest absolute Gasteiger partial charge is 0.358 e. The molecule has 0 saturated carbocycles. The Morgan fingerprint density at radius 2 is 2.09 bits per heavy atom. The summed E-state index contributed by atoms with van der Waals surface area (Å²) >= 11 is 7.37. The van der Waals surface area contributed by atoms with Crippen LogP contribution in [-0.2, 0) is 4.79 Å². The highest BCUT2D eigenvalue weighted by atomic mass is 35.5. The second kappa shape index (κ2) is 7.62. The lowest BCUT2D eigenvalue weighted by molar-refractivity contribution is -0.122. The van der Waals surface area contributed by atoms with Crippen molar-refractivity contribution in [1.82, 2.24) is 4.98 Å². The van der Waals surface area contributed by atoms with E-state index in [9.17, 15) is 4.79 Å². The smallest absolute Gasteiger partial charge is 0.231 e. The minimum Gasteiger partial charge on any atom is -0.358 e. The second-order valence-corrected chi connectivity index (χ2v) is 6.88. The van der Waals surface area contributed by atoms with Gasteiger partial charge in [-0.05, 0) is 26.0 Å². The lowest BCUT2D eigenvalue weighted by Crippen LogP contribution is -2.32. The van der Waals surface area contributed by atoms with Crippen LogP contribution in [0.5, 0.6) is 0 Å². The van der Waals surface area contributed by atoms with E-state index in [1.807, 2.05) is 43.5 Å². The van der Waals surface area contributed by atoms with E-state index < -0.39 is 5.41 Å². The van der Waals surface area contributed by atoms with Gasteiger partial charge in [0.25, 0.3) is 0 Å². The number of nitrogens with zero attached hydrogens (tertiary/aromatic N) is 1. The molecule has 2 rings (SSSR count). The van der Waals surface area contributed by atoms with E-state index >= 15 is 0 Å². The normalized spacial score (nSPS) is 11.1. The van der Waals surface area contributed by atoms with Gasteiger partial charge in [-0.15, -0.1) is 29.5 Å². The zero-order chi connectivity index (χ0) is 16.9. The van der Waals surface area contributed by atoms with Crippen LogP contribution in [-0.4, -0.2) is 23.3 Å². The summed E-state index contributed by atoms with van der Waals surface area (Å²) in [5.74, 6) is 0.181. The molecule has 1 aromatic carbocycles. The van der Waals surface area contributed by atoms with E-state index in [0.29, 0.717) is 6.54 Å². The Kier molecular flexibility index (Phi) is 5.80. The summed E-state index contributed by atoms with van der Waals surface area (Å²) in [6.07, 6.45) is 1.79. The van der Waals surface area contributed by atoms with Gasteiger partial charge in [0.1, 0.15) is 0 Å². The maximum absolute atomic E-state index is 12.1. The van der Waals surface area contributed by atoms with Crippen molar-refractivity contribution >= 4 is 39.7 Å². The van der Waals surface area contributed by atoms with Crippen molar-refractivity contribution in [2.24, 2.45) is 5.41 Å². The van der Waals surface area contributed by atoms with E-state index in [4.69, 9.17) is 11.6 Å². The Bertz CT molecular complexity index is 679. The molecule has 0 atom stereocenters. The first-order valence-electron chi connectivity index (χ1n) is 7.24. The van der Waals surface area contributed by atoms with Crippen LogP contribution in [0.3, 0.4) is 0 Å². The van der Waals surface area contributed by atoms with Gasteiger partial charge in [0.05, 0.1) is 11.1 Å². The summed E-state index contributed by atoms with van der Waals surface area (Å²) in [7, 11) is 0. The number of halogens is 1. The quantitative estimate of drug-likeness (QED) is 0.566. The summed E-state index contributed by atoms with van der Waals surface area (Å²) in [6, 6.07) is 7.62. The van der Waals surface area contributed by atoms with Crippen molar-refractivity contribution < 1.29 is 4.79 Å². The fourth-order valence-electron chi connectivity index (χ4n) is 1.73. The SMILES string of the molecule is C=CCNc1nc(-c2ccc(NC(=O)C(C)(C)CCl)cc2)cs1. The van der Waals surface area contributed by atoms with Gasteiger partial charge in [0.2, 0.25) is 5.91 Å². The molecule has 0 aliphatic heterocycles. The third-order valence-corrected chi connectivity index (χ3v) is 4.76. The van der Waals surface area contributed by atoms with Gasteiger partial charge in [-0.3, -0.25) is 4.79 Å². The van der Waals surface area contributed by atoms with E-state index in [1.54, 1.807) is 17.4 Å². The Labute approximate surface area is 145 Å². The summed E-state index contributed by atoms with van der Waals surface area (Å²) < 4.78 is 0. The van der Waals surface area contributed by atoms with Crippen molar-refractivity contribution in [2.45, 2.75) is 13.8 Å². The summed E-state index contributed by atoms with van der Waals surface area (Å²) in [5.41, 5.74) is 2.06. The molecule has 1 amide bonds. The minimum atomic E-state index is -0.596. The number of rotatable bonds is 7. The first-order chi connectivity index (χ1) is 11.0. The molecule has 122 valence electrons. The third-order valence-electron chi connectivity index (χ3n) is 3.29. The van der Waals surface area contributed by atoms with Crippen LogP contribution in [0.4, 0.5) is 10.8 Å². The number of hydrogen-bond donors (Lipinski definition) is 2. The van der Waals surface area contributed by atoms with Gasteiger partial charge < -0.3 is 10.6 Å². The van der Waals surface area contributed by atoms with Gasteiger partial charge in [-0.2, -0.15) is 0 Å². The highest BCUT2D eigenvalue weighted by Gasteiger charge is 2.26. The number of amides is 1. The molecular formula is C17H20ClN3OS. The average Bonchev–Trinajstić information content (AvgIpc) is 3.02.